The second-order valence-corrected chi connectivity index (χ2v) is 4.93. The Morgan fingerprint density at radius 3 is 2.42 bits per heavy atom. The molecule has 0 atom stereocenters. The third kappa shape index (κ3) is 6.57. The van der Waals surface area contributed by atoms with Crippen LogP contribution in [0, 0.1) is 0 Å². The third-order valence-corrected chi connectivity index (χ3v) is 3.05. The molecule has 0 aliphatic carbocycles. The maximum atomic E-state index is 11.0. The lowest BCUT2D eigenvalue weighted by atomic mass is 10.5. The molecule has 0 spiro atoms. The van der Waals surface area contributed by atoms with Crippen LogP contribution < -0.4 is 5.32 Å². The van der Waals surface area contributed by atoms with Gasteiger partial charge in [-0.3, -0.25) is 0 Å². The summed E-state index contributed by atoms with van der Waals surface area (Å²) in [5.41, 5.74) is 0. The lowest BCUT2D eigenvalue weighted by Crippen LogP contribution is -2.25. The molecule has 2 N–H and O–H groups in total. The molecule has 0 aliphatic rings. The largest absolute Gasteiger partial charge is 0.395 e. The number of hydrogen-bond donors (Lipinski definition) is 2. The molecule has 5 heteroatoms. The predicted octanol–water partition coefficient (Wildman–Crippen LogP) is -0.607. The van der Waals surface area contributed by atoms with Crippen LogP contribution in [0.5, 0.6) is 0 Å². The molecule has 0 unspecified atom stereocenters. The van der Waals surface area contributed by atoms with Crippen molar-refractivity contribution in [3.63, 3.8) is 0 Å². The fourth-order valence-electron chi connectivity index (χ4n) is 0.771. The van der Waals surface area contributed by atoms with E-state index in [-0.39, 0.29) is 18.1 Å². The van der Waals surface area contributed by atoms with Gasteiger partial charge in [0.1, 0.15) is 0 Å². The average Bonchev–Trinajstić information content (AvgIpc) is 1.98. The van der Waals surface area contributed by atoms with Gasteiger partial charge in [-0.15, -0.1) is 0 Å². The van der Waals surface area contributed by atoms with Crippen molar-refractivity contribution in [3.8, 4) is 0 Å². The van der Waals surface area contributed by atoms with Gasteiger partial charge in [-0.25, -0.2) is 8.42 Å². The Hall–Kier alpha value is -0.130. The molecule has 74 valence electrons. The molecule has 0 heterocycles. The molecular weight excluding hydrogens is 178 g/mol. The normalized spacial score (nSPS) is 11.8. The molecule has 0 bridgehead atoms. The maximum Gasteiger partial charge on any atom is 0.153 e. The summed E-state index contributed by atoms with van der Waals surface area (Å²) >= 11 is 0. The number of hydrogen-bond acceptors (Lipinski definition) is 4. The first-order chi connectivity index (χ1) is 5.62. The summed E-state index contributed by atoms with van der Waals surface area (Å²) in [5.74, 6) is -0.00559. The number of nitrogens with one attached hydrogen (secondary N) is 1. The molecule has 0 aromatic rings. The van der Waals surface area contributed by atoms with E-state index in [9.17, 15) is 8.42 Å². The molecule has 0 amide bonds. The Morgan fingerprint density at radius 2 is 1.92 bits per heavy atom. The zero-order valence-electron chi connectivity index (χ0n) is 7.41. The van der Waals surface area contributed by atoms with Crippen molar-refractivity contribution in [1.29, 1.82) is 0 Å². The zero-order valence-corrected chi connectivity index (χ0v) is 8.23. The number of sulfone groups is 1. The fourth-order valence-corrected chi connectivity index (χ4v) is 1.71. The monoisotopic (exact) mass is 195 g/mol. The van der Waals surface area contributed by atoms with Gasteiger partial charge in [0.2, 0.25) is 0 Å². The van der Waals surface area contributed by atoms with Crippen molar-refractivity contribution in [2.75, 3.05) is 31.2 Å². The molecule has 0 radical (unpaired) electrons. The van der Waals surface area contributed by atoms with Crippen molar-refractivity contribution < 1.29 is 13.5 Å². The maximum absolute atomic E-state index is 11.0. The Kier molecular flexibility index (Phi) is 6.32. The second-order valence-electron chi connectivity index (χ2n) is 2.63. The highest BCUT2D eigenvalue weighted by molar-refractivity contribution is 7.91. The van der Waals surface area contributed by atoms with E-state index in [0.29, 0.717) is 6.54 Å². The highest BCUT2D eigenvalue weighted by Crippen LogP contribution is 1.87. The van der Waals surface area contributed by atoms with E-state index in [0.717, 1.165) is 13.0 Å². The Balaban J connectivity index is 3.48. The second kappa shape index (κ2) is 6.39. The molecule has 0 fully saturated rings. The summed E-state index contributed by atoms with van der Waals surface area (Å²) in [7, 11) is -3.02. The molecule has 0 aromatic heterocycles. The van der Waals surface area contributed by atoms with E-state index >= 15 is 0 Å². The topological polar surface area (TPSA) is 66.4 Å². The van der Waals surface area contributed by atoms with Crippen LogP contribution in [0.1, 0.15) is 13.3 Å². The molecule has 0 aliphatic heterocycles. The lowest BCUT2D eigenvalue weighted by Gasteiger charge is -2.03. The zero-order chi connectivity index (χ0) is 9.45. The van der Waals surface area contributed by atoms with E-state index in [1.54, 1.807) is 0 Å². The summed E-state index contributed by atoms with van der Waals surface area (Å²) in [6.07, 6.45) is 1.00. The van der Waals surface area contributed by atoms with Crippen LogP contribution in [0.3, 0.4) is 0 Å². The fraction of sp³-hybridized carbons (Fsp3) is 1.00. The van der Waals surface area contributed by atoms with Crippen molar-refractivity contribution in [1.82, 2.24) is 5.32 Å². The van der Waals surface area contributed by atoms with E-state index in [1.165, 1.54) is 0 Å². The average molecular weight is 195 g/mol. The quantitative estimate of drug-likeness (QED) is 0.532. The molecule has 4 nitrogen and oxygen atoms in total. The number of rotatable bonds is 7. The first kappa shape index (κ1) is 11.9. The predicted molar refractivity (Wildman–Crippen MR) is 48.9 cm³/mol. The smallest absolute Gasteiger partial charge is 0.153 e. The van der Waals surface area contributed by atoms with Gasteiger partial charge in [0.15, 0.2) is 9.84 Å². The summed E-state index contributed by atoms with van der Waals surface area (Å²) in [4.78, 5) is 0. The minimum atomic E-state index is -3.02. The van der Waals surface area contributed by atoms with E-state index in [2.05, 4.69) is 5.32 Å². The number of aliphatic hydroxyl groups is 1. The molecular formula is C7H17NO3S. The Bertz CT molecular complexity index is 189. The first-order valence-electron chi connectivity index (χ1n) is 4.14. The van der Waals surface area contributed by atoms with E-state index in [1.807, 2.05) is 6.92 Å². The molecule has 0 aromatic carbocycles. The molecule has 12 heavy (non-hydrogen) atoms. The van der Waals surface area contributed by atoms with Gasteiger partial charge < -0.3 is 10.4 Å². The Morgan fingerprint density at radius 1 is 1.25 bits per heavy atom. The van der Waals surface area contributed by atoms with Gasteiger partial charge >= 0.3 is 0 Å². The summed E-state index contributed by atoms with van der Waals surface area (Å²) in [6.45, 7) is 3.07. The highest BCUT2D eigenvalue weighted by atomic mass is 32.2. The van der Waals surface area contributed by atoms with Gasteiger partial charge in [-0.2, -0.15) is 0 Å². The molecule has 0 saturated carbocycles. The Labute approximate surface area is 73.9 Å². The van der Waals surface area contributed by atoms with Crippen LogP contribution in [-0.4, -0.2) is 44.7 Å². The van der Waals surface area contributed by atoms with E-state index in [4.69, 9.17) is 5.11 Å². The van der Waals surface area contributed by atoms with Crippen LogP contribution in [0.4, 0.5) is 0 Å². The van der Waals surface area contributed by atoms with Gasteiger partial charge in [0.25, 0.3) is 0 Å². The van der Waals surface area contributed by atoms with Gasteiger partial charge in [0.05, 0.1) is 18.1 Å². The summed E-state index contributed by atoms with van der Waals surface area (Å²) < 4.78 is 22.0. The summed E-state index contributed by atoms with van der Waals surface area (Å²) in [6, 6.07) is 0. The van der Waals surface area contributed by atoms with Crippen molar-refractivity contribution >= 4 is 9.84 Å². The SMILES string of the molecule is CCCNCCS(=O)(=O)CCO. The summed E-state index contributed by atoms with van der Waals surface area (Å²) in [5, 5.41) is 11.4. The van der Waals surface area contributed by atoms with Crippen LogP contribution >= 0.6 is 0 Å². The molecule has 0 saturated heterocycles. The van der Waals surface area contributed by atoms with Gasteiger partial charge in [-0.05, 0) is 13.0 Å². The minimum absolute atomic E-state index is 0.119. The third-order valence-electron chi connectivity index (χ3n) is 1.42. The minimum Gasteiger partial charge on any atom is -0.395 e. The van der Waals surface area contributed by atoms with Crippen molar-refractivity contribution in [2.24, 2.45) is 0 Å². The van der Waals surface area contributed by atoms with Crippen LogP contribution in [-0.2, 0) is 9.84 Å². The highest BCUT2D eigenvalue weighted by Gasteiger charge is 2.07. The first-order valence-corrected chi connectivity index (χ1v) is 5.96. The van der Waals surface area contributed by atoms with Gasteiger partial charge in [0, 0.05) is 6.54 Å². The van der Waals surface area contributed by atoms with Crippen molar-refractivity contribution in [3.05, 3.63) is 0 Å². The van der Waals surface area contributed by atoms with Crippen molar-refractivity contribution in [2.45, 2.75) is 13.3 Å². The van der Waals surface area contributed by atoms with Crippen LogP contribution in [0.2, 0.25) is 0 Å². The van der Waals surface area contributed by atoms with Crippen LogP contribution in [0.25, 0.3) is 0 Å². The van der Waals surface area contributed by atoms with Crippen LogP contribution in [0.15, 0.2) is 0 Å². The lowest BCUT2D eigenvalue weighted by molar-refractivity contribution is 0.319. The van der Waals surface area contributed by atoms with Gasteiger partial charge in [-0.1, -0.05) is 6.92 Å². The van der Waals surface area contributed by atoms with E-state index < -0.39 is 9.84 Å². The number of aliphatic hydroxyl groups excluding tert-OH is 1. The molecule has 0 rings (SSSR count). The standard InChI is InChI=1S/C7H17NO3S/c1-2-3-8-4-6-12(10,11)7-5-9/h8-9H,2-7H2,1H3.